The van der Waals surface area contributed by atoms with E-state index >= 15 is 0 Å². The lowest BCUT2D eigenvalue weighted by Gasteiger charge is -2.10. The van der Waals surface area contributed by atoms with Crippen molar-refractivity contribution in [3.63, 3.8) is 0 Å². The zero-order valence-corrected chi connectivity index (χ0v) is 10.1. The molecule has 1 aromatic heterocycles. The highest BCUT2D eigenvalue weighted by molar-refractivity contribution is 5.49. The van der Waals surface area contributed by atoms with Crippen molar-refractivity contribution in [2.45, 2.75) is 20.5 Å². The van der Waals surface area contributed by atoms with Crippen LogP contribution in [0.3, 0.4) is 0 Å². The topological polar surface area (TPSA) is 81.2 Å². The molecule has 2 rings (SSSR count). The summed E-state index contributed by atoms with van der Waals surface area (Å²) in [6.45, 7) is 3.54. The van der Waals surface area contributed by atoms with Crippen LogP contribution in [0.2, 0.25) is 0 Å². The molecule has 0 bridgehead atoms. The zero-order chi connectivity index (χ0) is 13.3. The summed E-state index contributed by atoms with van der Waals surface area (Å²) < 4.78 is 1.81. The largest absolute Gasteiger partial charge is 0.392 e. The van der Waals surface area contributed by atoms with Gasteiger partial charge >= 0.3 is 0 Å². The molecule has 0 fully saturated rings. The first-order valence-corrected chi connectivity index (χ1v) is 5.43. The molecule has 0 aliphatic heterocycles. The summed E-state index contributed by atoms with van der Waals surface area (Å²) in [5, 5.41) is 20.0. The molecule has 0 spiro atoms. The highest BCUT2D eigenvalue weighted by Crippen LogP contribution is 2.23. The van der Waals surface area contributed by atoms with Crippen LogP contribution in [0, 0.1) is 24.0 Å². The van der Waals surface area contributed by atoms with Crippen molar-refractivity contribution >= 4 is 5.69 Å². The summed E-state index contributed by atoms with van der Waals surface area (Å²) in [5.41, 5.74) is 3.01. The van der Waals surface area contributed by atoms with Crippen LogP contribution in [0.15, 0.2) is 24.5 Å². The fourth-order valence-electron chi connectivity index (χ4n) is 1.79. The minimum atomic E-state index is -0.477. The zero-order valence-electron chi connectivity index (χ0n) is 10.1. The fourth-order valence-corrected chi connectivity index (χ4v) is 1.79. The molecule has 1 N–H and O–H groups in total. The number of benzene rings is 1. The second-order valence-corrected chi connectivity index (χ2v) is 4.01. The average Bonchev–Trinajstić information content (AvgIpc) is 2.69. The number of aliphatic hydroxyl groups is 1. The molecule has 0 saturated heterocycles. The molecule has 2 aromatic rings. The Kier molecular flexibility index (Phi) is 3.12. The first kappa shape index (κ1) is 12.3. The lowest BCUT2D eigenvalue weighted by atomic mass is 10.1. The normalized spacial score (nSPS) is 10.6. The summed E-state index contributed by atoms with van der Waals surface area (Å²) in [4.78, 5) is 14.4. The Labute approximate surface area is 104 Å². The number of nitro groups is 1. The number of nitro benzene ring substituents is 1. The molecule has 0 aliphatic carbocycles. The Bertz CT molecular complexity index is 605. The number of aromatic nitrogens is 2. The van der Waals surface area contributed by atoms with Crippen LogP contribution in [0.5, 0.6) is 0 Å². The van der Waals surface area contributed by atoms with Crippen molar-refractivity contribution in [3.05, 3.63) is 51.6 Å². The monoisotopic (exact) mass is 247 g/mol. The molecule has 6 nitrogen and oxygen atoms in total. The van der Waals surface area contributed by atoms with Crippen molar-refractivity contribution in [2.75, 3.05) is 0 Å². The van der Waals surface area contributed by atoms with Crippen LogP contribution in [-0.4, -0.2) is 19.6 Å². The van der Waals surface area contributed by atoms with Gasteiger partial charge in [-0.25, -0.2) is 4.98 Å². The van der Waals surface area contributed by atoms with Gasteiger partial charge in [-0.05, 0) is 19.9 Å². The van der Waals surface area contributed by atoms with E-state index in [1.54, 1.807) is 12.4 Å². The Morgan fingerprint density at radius 3 is 2.67 bits per heavy atom. The van der Waals surface area contributed by atoms with Gasteiger partial charge in [0.1, 0.15) is 0 Å². The van der Waals surface area contributed by atoms with E-state index in [1.807, 2.05) is 18.4 Å². The number of nitrogens with zero attached hydrogens (tertiary/aromatic N) is 3. The maximum atomic E-state index is 10.7. The Morgan fingerprint density at radius 2 is 2.17 bits per heavy atom. The summed E-state index contributed by atoms with van der Waals surface area (Å²) in [6.07, 6.45) is 1.64. The molecule has 0 unspecified atom stereocenters. The molecule has 0 saturated carbocycles. The molecule has 6 heteroatoms. The van der Waals surface area contributed by atoms with Gasteiger partial charge in [-0.15, -0.1) is 0 Å². The molecule has 0 amide bonds. The average molecular weight is 247 g/mol. The summed E-state index contributed by atoms with van der Waals surface area (Å²) in [5.74, 6) is 0. The van der Waals surface area contributed by atoms with Gasteiger partial charge in [0.2, 0.25) is 0 Å². The fraction of sp³-hybridized carbons (Fsp3) is 0.250. The molecule has 0 radical (unpaired) electrons. The van der Waals surface area contributed by atoms with E-state index in [2.05, 4.69) is 4.98 Å². The number of imidazole rings is 1. The van der Waals surface area contributed by atoms with Crippen LogP contribution in [0.1, 0.15) is 17.0 Å². The minimum Gasteiger partial charge on any atom is -0.392 e. The minimum absolute atomic E-state index is 0.0303. The standard InChI is InChI=1S/C12H13N3O3/c1-8-9(2)14(7-13-8)12-4-3-11(15(17)18)5-10(12)6-16/h3-5,7,16H,6H2,1-2H3. The Hall–Kier alpha value is -2.21. The SMILES string of the molecule is Cc1ncn(-c2ccc([N+](=O)[O-])cc2CO)c1C. The summed E-state index contributed by atoms with van der Waals surface area (Å²) in [6, 6.07) is 4.42. The van der Waals surface area contributed by atoms with E-state index in [9.17, 15) is 15.2 Å². The molecule has 18 heavy (non-hydrogen) atoms. The quantitative estimate of drug-likeness (QED) is 0.663. The number of hydrogen-bond acceptors (Lipinski definition) is 4. The first-order chi connectivity index (χ1) is 8.54. The van der Waals surface area contributed by atoms with Crippen LogP contribution >= 0.6 is 0 Å². The lowest BCUT2D eigenvalue weighted by molar-refractivity contribution is -0.384. The molecule has 1 heterocycles. The highest BCUT2D eigenvalue weighted by Gasteiger charge is 2.13. The second-order valence-electron chi connectivity index (χ2n) is 4.01. The van der Waals surface area contributed by atoms with Crippen LogP contribution in [0.4, 0.5) is 5.69 Å². The van der Waals surface area contributed by atoms with Gasteiger partial charge < -0.3 is 9.67 Å². The van der Waals surface area contributed by atoms with E-state index in [0.29, 0.717) is 11.3 Å². The maximum Gasteiger partial charge on any atom is 0.269 e. The van der Waals surface area contributed by atoms with E-state index in [0.717, 1.165) is 11.4 Å². The van der Waals surface area contributed by atoms with Gasteiger partial charge in [0, 0.05) is 23.4 Å². The second kappa shape index (κ2) is 4.58. The molecular weight excluding hydrogens is 234 g/mol. The van der Waals surface area contributed by atoms with E-state index in [1.165, 1.54) is 12.1 Å². The van der Waals surface area contributed by atoms with Gasteiger partial charge in [-0.3, -0.25) is 10.1 Å². The smallest absolute Gasteiger partial charge is 0.269 e. The Balaban J connectivity index is 2.58. The van der Waals surface area contributed by atoms with Gasteiger partial charge in [-0.1, -0.05) is 0 Å². The maximum absolute atomic E-state index is 10.7. The first-order valence-electron chi connectivity index (χ1n) is 5.43. The predicted octanol–water partition coefficient (Wildman–Crippen LogP) is 1.89. The third kappa shape index (κ3) is 1.98. The molecule has 94 valence electrons. The van der Waals surface area contributed by atoms with Crippen molar-refractivity contribution in [1.82, 2.24) is 9.55 Å². The lowest BCUT2D eigenvalue weighted by Crippen LogP contribution is -2.02. The third-order valence-corrected chi connectivity index (χ3v) is 2.96. The third-order valence-electron chi connectivity index (χ3n) is 2.96. The molecule has 1 aromatic carbocycles. The van der Waals surface area contributed by atoms with E-state index in [4.69, 9.17) is 0 Å². The van der Waals surface area contributed by atoms with Crippen molar-refractivity contribution in [3.8, 4) is 5.69 Å². The summed E-state index contributed by atoms with van der Waals surface area (Å²) in [7, 11) is 0. The highest BCUT2D eigenvalue weighted by atomic mass is 16.6. The van der Waals surface area contributed by atoms with Gasteiger partial charge in [0.15, 0.2) is 0 Å². The number of non-ortho nitro benzene ring substituents is 1. The van der Waals surface area contributed by atoms with Crippen LogP contribution < -0.4 is 0 Å². The molecule has 0 atom stereocenters. The molecule has 0 aliphatic rings. The van der Waals surface area contributed by atoms with Crippen molar-refractivity contribution < 1.29 is 10.0 Å². The van der Waals surface area contributed by atoms with Crippen molar-refractivity contribution in [1.29, 1.82) is 0 Å². The predicted molar refractivity (Wildman–Crippen MR) is 65.6 cm³/mol. The van der Waals surface area contributed by atoms with Crippen LogP contribution in [-0.2, 0) is 6.61 Å². The Morgan fingerprint density at radius 1 is 1.44 bits per heavy atom. The van der Waals surface area contributed by atoms with Gasteiger partial charge in [-0.2, -0.15) is 0 Å². The number of rotatable bonds is 3. The van der Waals surface area contributed by atoms with Crippen LogP contribution in [0.25, 0.3) is 5.69 Å². The summed E-state index contributed by atoms with van der Waals surface area (Å²) >= 11 is 0. The van der Waals surface area contributed by atoms with Crippen molar-refractivity contribution in [2.24, 2.45) is 0 Å². The van der Waals surface area contributed by atoms with Gasteiger partial charge in [0.25, 0.3) is 5.69 Å². The molecular formula is C12H13N3O3. The number of aliphatic hydroxyl groups excluding tert-OH is 1. The number of aryl methyl sites for hydroxylation is 1. The van der Waals surface area contributed by atoms with E-state index in [-0.39, 0.29) is 12.3 Å². The van der Waals surface area contributed by atoms with E-state index < -0.39 is 4.92 Å². The van der Waals surface area contributed by atoms with Gasteiger partial charge in [0.05, 0.1) is 29.2 Å². The number of hydrogen-bond donors (Lipinski definition) is 1.